The number of likely N-dealkylation sites (N-methyl/N-ethyl adjacent to an activating group) is 1. The lowest BCUT2D eigenvalue weighted by Gasteiger charge is -2.31. The van der Waals surface area contributed by atoms with Gasteiger partial charge < -0.3 is 10.2 Å². The number of amides is 2. The minimum absolute atomic E-state index is 0.135. The van der Waals surface area contributed by atoms with Crippen molar-refractivity contribution in [2.24, 2.45) is 0 Å². The fraction of sp³-hybridized carbons (Fsp3) is 0.333. The number of benzene rings is 2. The zero-order valence-electron chi connectivity index (χ0n) is 17.4. The van der Waals surface area contributed by atoms with Gasteiger partial charge in [-0.1, -0.05) is 41.9 Å². The first-order valence-corrected chi connectivity index (χ1v) is 11.6. The highest BCUT2D eigenvalue weighted by atomic mass is 35.5. The Kier molecular flexibility index (Phi) is 7.86. The van der Waals surface area contributed by atoms with Gasteiger partial charge >= 0.3 is 0 Å². The molecule has 1 N–H and O–H groups in total. The van der Waals surface area contributed by atoms with E-state index < -0.39 is 28.5 Å². The van der Waals surface area contributed by atoms with Gasteiger partial charge in [0.15, 0.2) is 0 Å². The standard InChI is InChI=1S/C21H26ClN3O4S/c1-15-7-5-6-8-19(15)25(30(4,28)29)14-20(26)24(16(2)21(27)23-3)13-17-9-11-18(22)12-10-17/h5-12,16H,13-14H2,1-4H3,(H,23,27)/t16-/m1/s1. The molecule has 0 heterocycles. The Morgan fingerprint density at radius 1 is 1.10 bits per heavy atom. The van der Waals surface area contributed by atoms with E-state index in [1.54, 1.807) is 62.4 Å². The summed E-state index contributed by atoms with van der Waals surface area (Å²) in [5.41, 5.74) is 1.91. The van der Waals surface area contributed by atoms with Crippen LogP contribution in [-0.2, 0) is 26.2 Å². The van der Waals surface area contributed by atoms with Crippen molar-refractivity contribution in [1.82, 2.24) is 10.2 Å². The van der Waals surface area contributed by atoms with Crippen molar-refractivity contribution in [3.63, 3.8) is 0 Å². The summed E-state index contributed by atoms with van der Waals surface area (Å²) in [6.07, 6.45) is 1.05. The van der Waals surface area contributed by atoms with Gasteiger partial charge in [-0.3, -0.25) is 13.9 Å². The van der Waals surface area contributed by atoms with Gasteiger partial charge in [0.2, 0.25) is 21.8 Å². The van der Waals surface area contributed by atoms with Crippen LogP contribution in [0.1, 0.15) is 18.1 Å². The predicted molar refractivity (Wildman–Crippen MR) is 119 cm³/mol. The SMILES string of the molecule is CNC(=O)[C@@H](C)N(Cc1ccc(Cl)cc1)C(=O)CN(c1ccccc1C)S(C)(=O)=O. The summed E-state index contributed by atoms with van der Waals surface area (Å²) in [7, 11) is -2.25. The van der Waals surface area contributed by atoms with Crippen molar-refractivity contribution >= 4 is 39.1 Å². The molecule has 0 saturated heterocycles. The van der Waals surface area contributed by atoms with Crippen molar-refractivity contribution in [3.8, 4) is 0 Å². The molecule has 9 heteroatoms. The quantitative estimate of drug-likeness (QED) is 0.668. The van der Waals surface area contributed by atoms with Gasteiger partial charge in [0.25, 0.3) is 0 Å². The second-order valence-electron chi connectivity index (χ2n) is 6.99. The van der Waals surface area contributed by atoms with E-state index in [-0.39, 0.29) is 12.5 Å². The molecule has 0 spiro atoms. The first-order valence-electron chi connectivity index (χ1n) is 9.33. The van der Waals surface area contributed by atoms with Gasteiger partial charge in [0.1, 0.15) is 12.6 Å². The lowest BCUT2D eigenvalue weighted by atomic mass is 10.1. The molecule has 162 valence electrons. The largest absolute Gasteiger partial charge is 0.357 e. The van der Waals surface area contributed by atoms with Crippen LogP contribution < -0.4 is 9.62 Å². The number of rotatable bonds is 8. The highest BCUT2D eigenvalue weighted by Crippen LogP contribution is 2.23. The van der Waals surface area contributed by atoms with E-state index in [2.05, 4.69) is 5.32 Å². The Labute approximate surface area is 182 Å². The van der Waals surface area contributed by atoms with Gasteiger partial charge in [0, 0.05) is 18.6 Å². The molecule has 0 radical (unpaired) electrons. The van der Waals surface area contributed by atoms with E-state index >= 15 is 0 Å². The van der Waals surface area contributed by atoms with Crippen LogP contribution in [-0.4, -0.2) is 51.0 Å². The minimum atomic E-state index is -3.73. The van der Waals surface area contributed by atoms with Crippen LogP contribution >= 0.6 is 11.6 Å². The molecule has 0 aliphatic carbocycles. The molecule has 2 aromatic rings. The van der Waals surface area contributed by atoms with Gasteiger partial charge in [-0.25, -0.2) is 8.42 Å². The molecule has 2 aromatic carbocycles. The number of halogens is 1. The number of para-hydroxylation sites is 1. The monoisotopic (exact) mass is 451 g/mol. The van der Waals surface area contributed by atoms with Gasteiger partial charge in [0.05, 0.1) is 11.9 Å². The van der Waals surface area contributed by atoms with Gasteiger partial charge in [-0.05, 0) is 43.2 Å². The van der Waals surface area contributed by atoms with E-state index in [0.717, 1.165) is 21.7 Å². The zero-order chi connectivity index (χ0) is 22.5. The third-order valence-electron chi connectivity index (χ3n) is 4.74. The second kappa shape index (κ2) is 9.95. The molecule has 0 bridgehead atoms. The highest BCUT2D eigenvalue weighted by molar-refractivity contribution is 7.92. The molecule has 0 saturated carbocycles. The average Bonchev–Trinajstić information content (AvgIpc) is 2.70. The molecule has 2 amide bonds. The van der Waals surface area contributed by atoms with E-state index in [1.807, 2.05) is 0 Å². The first kappa shape index (κ1) is 23.7. The maximum Gasteiger partial charge on any atom is 0.244 e. The summed E-state index contributed by atoms with van der Waals surface area (Å²) >= 11 is 5.93. The molecule has 7 nitrogen and oxygen atoms in total. The molecule has 0 fully saturated rings. The van der Waals surface area contributed by atoms with Gasteiger partial charge in [-0.15, -0.1) is 0 Å². The number of nitrogens with zero attached hydrogens (tertiary/aromatic N) is 2. The van der Waals surface area contributed by atoms with Crippen molar-refractivity contribution in [3.05, 3.63) is 64.7 Å². The Bertz CT molecular complexity index is 1010. The van der Waals surface area contributed by atoms with Crippen molar-refractivity contribution < 1.29 is 18.0 Å². The fourth-order valence-corrected chi connectivity index (χ4v) is 4.05. The maximum absolute atomic E-state index is 13.2. The van der Waals surface area contributed by atoms with Crippen LogP contribution in [0.4, 0.5) is 5.69 Å². The minimum Gasteiger partial charge on any atom is -0.357 e. The Balaban J connectivity index is 2.38. The number of anilines is 1. The zero-order valence-corrected chi connectivity index (χ0v) is 19.0. The molecule has 1 atom stereocenters. The summed E-state index contributed by atoms with van der Waals surface area (Å²) in [6.45, 7) is 3.09. The third kappa shape index (κ3) is 5.96. The van der Waals surface area contributed by atoms with E-state index in [9.17, 15) is 18.0 Å². The normalized spacial score (nSPS) is 12.2. The summed E-state index contributed by atoms with van der Waals surface area (Å²) in [5, 5.41) is 3.09. The van der Waals surface area contributed by atoms with Crippen LogP contribution in [0.25, 0.3) is 0 Å². The number of hydrogen-bond acceptors (Lipinski definition) is 4. The maximum atomic E-state index is 13.2. The number of nitrogens with one attached hydrogen (secondary N) is 1. The molecule has 0 unspecified atom stereocenters. The van der Waals surface area contributed by atoms with Gasteiger partial charge in [-0.2, -0.15) is 0 Å². The van der Waals surface area contributed by atoms with E-state index in [0.29, 0.717) is 10.7 Å². The van der Waals surface area contributed by atoms with E-state index in [1.165, 1.54) is 11.9 Å². The lowest BCUT2D eigenvalue weighted by molar-refractivity contribution is -0.139. The molecule has 0 aromatic heterocycles. The fourth-order valence-electron chi connectivity index (χ4n) is 3.02. The van der Waals surface area contributed by atoms with Crippen molar-refractivity contribution in [1.29, 1.82) is 0 Å². The van der Waals surface area contributed by atoms with Crippen LogP contribution in [0.3, 0.4) is 0 Å². The summed E-state index contributed by atoms with van der Waals surface area (Å²) in [4.78, 5) is 26.8. The Hall–Kier alpha value is -2.58. The molecular formula is C21H26ClN3O4S. The molecule has 0 aliphatic heterocycles. The van der Waals surface area contributed by atoms with Crippen LogP contribution in [0.5, 0.6) is 0 Å². The number of sulfonamides is 1. The summed E-state index contributed by atoms with van der Waals surface area (Å²) in [6, 6.07) is 13.0. The molecule has 30 heavy (non-hydrogen) atoms. The van der Waals surface area contributed by atoms with E-state index in [4.69, 9.17) is 11.6 Å². The molecular weight excluding hydrogens is 426 g/mol. The smallest absolute Gasteiger partial charge is 0.244 e. The number of carbonyl (C=O) groups is 2. The van der Waals surface area contributed by atoms with Crippen LogP contribution in [0, 0.1) is 6.92 Å². The van der Waals surface area contributed by atoms with Crippen molar-refractivity contribution in [2.75, 3.05) is 24.2 Å². The number of aryl methyl sites for hydroxylation is 1. The third-order valence-corrected chi connectivity index (χ3v) is 6.12. The Morgan fingerprint density at radius 2 is 1.70 bits per heavy atom. The highest BCUT2D eigenvalue weighted by Gasteiger charge is 2.30. The Morgan fingerprint density at radius 3 is 2.23 bits per heavy atom. The molecule has 2 rings (SSSR count). The number of carbonyl (C=O) groups excluding carboxylic acids is 2. The average molecular weight is 452 g/mol. The molecule has 0 aliphatic rings. The van der Waals surface area contributed by atoms with Crippen LogP contribution in [0.2, 0.25) is 5.02 Å². The van der Waals surface area contributed by atoms with Crippen LogP contribution in [0.15, 0.2) is 48.5 Å². The first-order chi connectivity index (χ1) is 14.0. The topological polar surface area (TPSA) is 86.8 Å². The number of hydrogen-bond donors (Lipinski definition) is 1. The summed E-state index contributed by atoms with van der Waals surface area (Å²) < 4.78 is 26.0. The second-order valence-corrected chi connectivity index (χ2v) is 9.34. The lowest BCUT2D eigenvalue weighted by Crippen LogP contribution is -2.50. The summed E-state index contributed by atoms with van der Waals surface area (Å²) in [5.74, 6) is -0.839. The van der Waals surface area contributed by atoms with Crippen molar-refractivity contribution in [2.45, 2.75) is 26.4 Å². The predicted octanol–water partition coefficient (Wildman–Crippen LogP) is 2.58.